The van der Waals surface area contributed by atoms with E-state index in [0.29, 0.717) is 25.8 Å². The number of nitrogens with one attached hydrogen (secondary N) is 2. The molecule has 1 fully saturated rings. The average molecular weight is 691 g/mol. The Kier molecular flexibility index (Phi) is 13.5. The van der Waals surface area contributed by atoms with Crippen molar-refractivity contribution in [2.75, 3.05) is 5.75 Å². The minimum Gasteiger partial charge on any atom is -0.392 e. The second kappa shape index (κ2) is 18.2. The van der Waals surface area contributed by atoms with Gasteiger partial charge in [0.25, 0.3) is 0 Å². The monoisotopic (exact) mass is 690 g/mol. The van der Waals surface area contributed by atoms with Crippen LogP contribution in [-0.2, 0) is 32.2 Å². The van der Waals surface area contributed by atoms with Crippen LogP contribution in [0.2, 0.25) is 0 Å². The number of amides is 2. The van der Waals surface area contributed by atoms with Gasteiger partial charge in [0.1, 0.15) is 5.01 Å². The number of aromatic nitrogens is 2. The van der Waals surface area contributed by atoms with E-state index in [1.807, 2.05) is 55.5 Å². The van der Waals surface area contributed by atoms with Crippen molar-refractivity contribution >= 4 is 34.9 Å². The third-order valence-corrected chi connectivity index (χ3v) is 10.2. The fourth-order valence-corrected chi connectivity index (χ4v) is 7.35. The molecule has 0 saturated carbocycles. The number of thioether (sulfide) groups is 1. The van der Waals surface area contributed by atoms with Crippen LogP contribution < -0.4 is 10.8 Å². The first-order valence-electron chi connectivity index (χ1n) is 16.2. The molecule has 0 aliphatic carbocycles. The van der Waals surface area contributed by atoms with Crippen LogP contribution >= 0.6 is 23.1 Å². The summed E-state index contributed by atoms with van der Waals surface area (Å²) in [6.07, 6.45) is 3.80. The lowest BCUT2D eigenvalue weighted by Crippen LogP contribution is -2.31. The Morgan fingerprint density at radius 2 is 1.60 bits per heavy atom. The first-order chi connectivity index (χ1) is 23.4. The van der Waals surface area contributed by atoms with Gasteiger partial charge in [-0.1, -0.05) is 103 Å². The predicted molar refractivity (Wildman–Crippen MR) is 185 cm³/mol. The van der Waals surface area contributed by atoms with Gasteiger partial charge < -0.3 is 19.9 Å². The number of carbonyl (C=O) groups excluding carboxylic acids is 2. The molecule has 1 aromatic heterocycles. The van der Waals surface area contributed by atoms with Crippen LogP contribution in [0.4, 0.5) is 0 Å². The highest BCUT2D eigenvalue weighted by Gasteiger charge is 2.32. The number of nitrogens with zero attached hydrogens (tertiary/aromatic N) is 2. The molecule has 0 spiro atoms. The first kappa shape index (κ1) is 35.7. The molecule has 4 aromatic rings. The Morgan fingerprint density at radius 1 is 0.875 bits per heavy atom. The van der Waals surface area contributed by atoms with E-state index in [0.717, 1.165) is 67.7 Å². The maximum Gasteiger partial charge on any atom is 0.243 e. The second-order valence-electron chi connectivity index (χ2n) is 11.8. The summed E-state index contributed by atoms with van der Waals surface area (Å²) < 4.78 is 13.9. The fraction of sp³-hybridized carbons (Fsp3) is 0.389. The molecule has 3 atom stereocenters. The number of aryl methyl sites for hydroxylation is 1. The van der Waals surface area contributed by atoms with Crippen LogP contribution in [0, 0.1) is 6.92 Å². The van der Waals surface area contributed by atoms with Crippen LogP contribution in [0.25, 0.3) is 11.1 Å². The topological polar surface area (TPSA) is 143 Å². The number of rotatable bonds is 16. The highest BCUT2D eigenvalue weighted by molar-refractivity contribution is 8.01. The van der Waals surface area contributed by atoms with Gasteiger partial charge in [0.05, 0.1) is 18.8 Å². The molecule has 48 heavy (non-hydrogen) atoms. The quantitative estimate of drug-likeness (QED) is 0.0432. The first-order valence-corrected chi connectivity index (χ1v) is 18.0. The van der Waals surface area contributed by atoms with Crippen LogP contribution in [0.5, 0.6) is 0 Å². The van der Waals surface area contributed by atoms with Crippen molar-refractivity contribution in [3.8, 4) is 11.1 Å². The minimum atomic E-state index is -0.543. The highest BCUT2D eigenvalue weighted by Crippen LogP contribution is 2.40. The molecule has 12 heteroatoms. The normalized spacial score (nSPS) is 17.6. The number of carbonyl (C=O) groups is 2. The third kappa shape index (κ3) is 10.7. The van der Waals surface area contributed by atoms with Crippen LogP contribution in [-0.4, -0.2) is 44.2 Å². The lowest BCUT2D eigenvalue weighted by Gasteiger charge is -2.36. The zero-order chi connectivity index (χ0) is 33.7. The Hall–Kier alpha value is -3.65. The molecular weight excluding hydrogens is 649 g/mol. The van der Waals surface area contributed by atoms with E-state index in [-0.39, 0.29) is 37.0 Å². The second-order valence-corrected chi connectivity index (χ2v) is 14.2. The zero-order valence-corrected chi connectivity index (χ0v) is 28.6. The van der Waals surface area contributed by atoms with E-state index in [4.69, 9.17) is 14.7 Å². The van der Waals surface area contributed by atoms with Crippen LogP contribution in [0.3, 0.4) is 0 Å². The molecule has 1 aliphatic heterocycles. The number of hydroxylamine groups is 1. The molecule has 4 N–H and O–H groups in total. The molecule has 0 radical (unpaired) electrons. The predicted octanol–water partition coefficient (Wildman–Crippen LogP) is 6.81. The molecule has 10 nitrogen and oxygen atoms in total. The molecule has 0 unspecified atom stereocenters. The molecule has 2 heterocycles. The van der Waals surface area contributed by atoms with E-state index < -0.39 is 6.29 Å². The fourth-order valence-electron chi connectivity index (χ4n) is 5.49. The van der Waals surface area contributed by atoms with E-state index in [2.05, 4.69) is 39.8 Å². The van der Waals surface area contributed by atoms with Crippen molar-refractivity contribution in [1.29, 1.82) is 0 Å². The van der Waals surface area contributed by atoms with E-state index >= 15 is 0 Å². The summed E-state index contributed by atoms with van der Waals surface area (Å²) in [6.45, 7) is 2.40. The van der Waals surface area contributed by atoms with Gasteiger partial charge >= 0.3 is 0 Å². The Labute approximate surface area is 289 Å². The summed E-state index contributed by atoms with van der Waals surface area (Å²) in [7, 11) is 0. The number of hydrogen-bond acceptors (Lipinski definition) is 10. The molecule has 1 aliphatic rings. The lowest BCUT2D eigenvalue weighted by atomic mass is 9.99. The van der Waals surface area contributed by atoms with Crippen molar-refractivity contribution < 1.29 is 29.4 Å². The summed E-state index contributed by atoms with van der Waals surface area (Å²) >= 11 is 3.23. The summed E-state index contributed by atoms with van der Waals surface area (Å²) in [5.41, 5.74) is 7.58. The van der Waals surface area contributed by atoms with Gasteiger partial charge in [-0.25, -0.2) is 5.48 Å². The van der Waals surface area contributed by atoms with Gasteiger partial charge in [-0.05, 0) is 53.6 Å². The van der Waals surface area contributed by atoms with Crippen molar-refractivity contribution in [3.05, 3.63) is 100 Å². The van der Waals surface area contributed by atoms with Crippen molar-refractivity contribution in [1.82, 2.24) is 21.0 Å². The Morgan fingerprint density at radius 3 is 2.29 bits per heavy atom. The van der Waals surface area contributed by atoms with Crippen LogP contribution in [0.1, 0.15) is 84.6 Å². The summed E-state index contributed by atoms with van der Waals surface area (Å²) in [6, 6.07) is 24.2. The Bertz CT molecular complexity index is 1620. The lowest BCUT2D eigenvalue weighted by molar-refractivity contribution is -0.245. The maximum absolute atomic E-state index is 12.4. The average Bonchev–Trinajstić information content (AvgIpc) is 3.56. The van der Waals surface area contributed by atoms with E-state index in [1.165, 1.54) is 0 Å². The van der Waals surface area contributed by atoms with Gasteiger partial charge in [0, 0.05) is 37.1 Å². The zero-order valence-electron chi connectivity index (χ0n) is 27.0. The number of unbranched alkanes of at least 4 members (excludes halogenated alkanes) is 3. The summed E-state index contributed by atoms with van der Waals surface area (Å²) in [5, 5.41) is 30.4. The third-order valence-electron chi connectivity index (χ3n) is 8.13. The minimum absolute atomic E-state index is 0.000218. The van der Waals surface area contributed by atoms with E-state index in [1.54, 1.807) is 28.6 Å². The number of benzene rings is 3. The number of aliphatic hydroxyl groups is 1. The maximum atomic E-state index is 12.4. The molecule has 254 valence electrons. The molecule has 0 bridgehead atoms. The van der Waals surface area contributed by atoms with E-state index in [9.17, 15) is 14.7 Å². The van der Waals surface area contributed by atoms with Gasteiger partial charge in [0.15, 0.2) is 10.6 Å². The van der Waals surface area contributed by atoms with Gasteiger partial charge in [0.2, 0.25) is 11.8 Å². The molecule has 2 amide bonds. The van der Waals surface area contributed by atoms with Crippen molar-refractivity contribution in [3.63, 3.8) is 0 Å². The van der Waals surface area contributed by atoms with Gasteiger partial charge in [-0.2, -0.15) is 0 Å². The largest absolute Gasteiger partial charge is 0.392 e. The molecular formula is C36H42N4O6S2. The SMILES string of the molecule is Cc1nnc(SC[C@H]2C[C@@H](c3ccc(CO)cc3)O[C@@H](c3ccc(-c4cccc(CNC(=O)CCCCCCC(=O)NO)c4)cc3)O2)s1. The molecule has 5 rings (SSSR count). The van der Waals surface area contributed by atoms with Gasteiger partial charge in [-0.15, -0.1) is 10.2 Å². The highest BCUT2D eigenvalue weighted by atomic mass is 32.2. The Balaban J connectivity index is 1.17. The summed E-state index contributed by atoms with van der Waals surface area (Å²) in [4.78, 5) is 23.4. The van der Waals surface area contributed by atoms with Gasteiger partial charge in [-0.3, -0.25) is 14.8 Å². The van der Waals surface area contributed by atoms with Crippen molar-refractivity contribution in [2.24, 2.45) is 0 Å². The standard InChI is InChI=1S/C36H42N4O6S2/c1-24-38-39-36(48-24)47-23-31-20-32(28-13-11-25(22-41)12-14-28)46-35(45-31)29-17-15-27(16-18-29)30-8-6-7-26(19-30)21-37-33(42)9-4-2-3-5-10-34(43)40-44/h6-8,11-19,31-32,35,41,44H,2-5,9-10,20-23H2,1H3,(H,37,42)(H,40,43)/t31-,32+,35+/m1/s1. The summed E-state index contributed by atoms with van der Waals surface area (Å²) in [5.74, 6) is 0.351. The van der Waals surface area contributed by atoms with Crippen LogP contribution in [0.15, 0.2) is 77.1 Å². The number of hydrogen-bond donors (Lipinski definition) is 4. The number of aliphatic hydroxyl groups excluding tert-OH is 1. The smallest absolute Gasteiger partial charge is 0.243 e. The molecule has 1 saturated heterocycles. The molecule has 3 aromatic carbocycles. The van der Waals surface area contributed by atoms with Crippen molar-refractivity contribution in [2.45, 2.75) is 87.9 Å². The number of ether oxygens (including phenoxy) is 2.